The third kappa shape index (κ3) is 5.33. The standard InChI is InChI=1S/C54H43N3/c1-33(2)35-13-21-41(22-14-35)56-51-11-7-5-9-43(51)47-31-39(19-27-53(47)56)37-17-25-49-45(29-37)46-30-38(18-26-50(46)55-49)40-20-28-54-48(32-40)44-10-6-8-12-52(44)57(54)42-23-15-36(16-24-42)34(3)4/h5-34,55H,1-4H3. The van der Waals surface area contributed by atoms with Crippen molar-refractivity contribution >= 4 is 65.4 Å². The van der Waals surface area contributed by atoms with Gasteiger partial charge in [-0.1, -0.05) is 113 Å². The van der Waals surface area contributed by atoms with Crippen molar-refractivity contribution in [3.63, 3.8) is 0 Å². The van der Waals surface area contributed by atoms with Crippen molar-refractivity contribution in [2.24, 2.45) is 0 Å². The van der Waals surface area contributed by atoms with E-state index in [0.717, 1.165) is 11.0 Å². The van der Waals surface area contributed by atoms with E-state index in [9.17, 15) is 0 Å². The van der Waals surface area contributed by atoms with E-state index < -0.39 is 0 Å². The van der Waals surface area contributed by atoms with Crippen molar-refractivity contribution in [1.29, 1.82) is 0 Å². The molecule has 3 aromatic heterocycles. The number of aromatic amines is 1. The second-order valence-electron chi connectivity index (χ2n) is 16.3. The van der Waals surface area contributed by atoms with Crippen LogP contribution in [0.1, 0.15) is 50.7 Å². The van der Waals surface area contributed by atoms with Gasteiger partial charge in [-0.2, -0.15) is 0 Å². The molecule has 8 aromatic carbocycles. The van der Waals surface area contributed by atoms with Crippen molar-refractivity contribution in [3.05, 3.63) is 181 Å². The average molecular weight is 734 g/mol. The quantitative estimate of drug-likeness (QED) is 0.176. The number of hydrogen-bond acceptors (Lipinski definition) is 0. The van der Waals surface area contributed by atoms with Crippen LogP contribution in [0.5, 0.6) is 0 Å². The number of rotatable bonds is 6. The summed E-state index contributed by atoms with van der Waals surface area (Å²) in [6.07, 6.45) is 0. The Kier molecular flexibility index (Phi) is 7.56. The minimum absolute atomic E-state index is 0.503. The Morgan fingerprint density at radius 1 is 0.333 bits per heavy atom. The summed E-state index contributed by atoms with van der Waals surface area (Å²) >= 11 is 0. The van der Waals surface area contributed by atoms with Crippen molar-refractivity contribution in [1.82, 2.24) is 14.1 Å². The van der Waals surface area contributed by atoms with E-state index in [1.165, 1.54) is 99.1 Å². The van der Waals surface area contributed by atoms with E-state index in [0.29, 0.717) is 11.8 Å². The first-order valence-corrected chi connectivity index (χ1v) is 20.2. The van der Waals surface area contributed by atoms with Gasteiger partial charge in [-0.25, -0.2) is 0 Å². The zero-order valence-electron chi connectivity index (χ0n) is 32.7. The summed E-state index contributed by atoms with van der Waals surface area (Å²) in [7, 11) is 0. The number of H-pyrrole nitrogens is 1. The summed E-state index contributed by atoms with van der Waals surface area (Å²) in [5.74, 6) is 1.01. The van der Waals surface area contributed by atoms with Crippen LogP contribution < -0.4 is 0 Å². The minimum atomic E-state index is 0.503. The molecule has 0 aliphatic carbocycles. The summed E-state index contributed by atoms with van der Waals surface area (Å²) in [4.78, 5) is 3.70. The van der Waals surface area contributed by atoms with Crippen LogP contribution in [0.4, 0.5) is 0 Å². The fraction of sp³-hybridized carbons (Fsp3) is 0.111. The van der Waals surface area contributed by atoms with Gasteiger partial charge in [0, 0.05) is 54.7 Å². The van der Waals surface area contributed by atoms with Gasteiger partial charge in [-0.15, -0.1) is 0 Å². The first kappa shape index (κ1) is 33.5. The molecule has 0 unspecified atom stereocenters. The fourth-order valence-electron chi connectivity index (χ4n) is 9.13. The first-order chi connectivity index (χ1) is 27.9. The molecule has 274 valence electrons. The van der Waals surface area contributed by atoms with Crippen LogP contribution in [0.15, 0.2) is 170 Å². The molecule has 3 nitrogen and oxygen atoms in total. The molecule has 0 atom stereocenters. The molecule has 0 aliphatic rings. The largest absolute Gasteiger partial charge is 0.355 e. The van der Waals surface area contributed by atoms with E-state index in [2.05, 4.69) is 212 Å². The number of fused-ring (bicyclic) bond motifs is 9. The van der Waals surface area contributed by atoms with E-state index in [4.69, 9.17) is 0 Å². The lowest BCUT2D eigenvalue weighted by molar-refractivity contribution is 0.865. The highest BCUT2D eigenvalue weighted by Gasteiger charge is 2.17. The molecule has 0 saturated carbocycles. The number of para-hydroxylation sites is 2. The normalized spacial score (nSPS) is 12.2. The lowest BCUT2D eigenvalue weighted by Gasteiger charge is -2.11. The second-order valence-corrected chi connectivity index (χ2v) is 16.3. The molecule has 0 bridgehead atoms. The van der Waals surface area contributed by atoms with Crippen LogP contribution in [0.25, 0.3) is 99.0 Å². The molecular weight excluding hydrogens is 691 g/mol. The molecule has 11 aromatic rings. The Bertz CT molecular complexity index is 3110. The van der Waals surface area contributed by atoms with Crippen molar-refractivity contribution < 1.29 is 0 Å². The summed E-state index contributed by atoms with van der Waals surface area (Å²) in [6.45, 7) is 8.99. The van der Waals surface area contributed by atoms with Crippen LogP contribution in [-0.2, 0) is 0 Å². The SMILES string of the molecule is CC(C)c1ccc(-n2c3ccccc3c3cc(-c4ccc5[nH]c6ccc(-c7ccc8c(c7)c7ccccc7n8-c7ccc(C(C)C)cc7)cc6c5c4)ccc32)cc1. The maximum Gasteiger partial charge on any atom is 0.0541 e. The Labute approximate surface area is 332 Å². The summed E-state index contributed by atoms with van der Waals surface area (Å²) < 4.78 is 4.81. The van der Waals surface area contributed by atoms with Crippen molar-refractivity contribution in [3.8, 4) is 33.6 Å². The monoisotopic (exact) mass is 733 g/mol. The fourth-order valence-corrected chi connectivity index (χ4v) is 9.13. The Morgan fingerprint density at radius 3 is 1.09 bits per heavy atom. The van der Waals surface area contributed by atoms with E-state index in [-0.39, 0.29) is 0 Å². The summed E-state index contributed by atoms with van der Waals surface area (Å²) in [6, 6.07) is 63.3. The third-order valence-corrected chi connectivity index (χ3v) is 12.2. The summed E-state index contributed by atoms with van der Waals surface area (Å²) in [5.41, 5.74) is 17.1. The molecule has 0 fully saturated rings. The highest BCUT2D eigenvalue weighted by molar-refractivity contribution is 6.13. The van der Waals surface area contributed by atoms with Gasteiger partial charge in [0.25, 0.3) is 0 Å². The maximum atomic E-state index is 3.70. The molecule has 1 N–H and O–H groups in total. The predicted octanol–water partition coefficient (Wildman–Crippen LogP) is 15.1. The number of aromatic nitrogens is 3. The number of benzene rings is 8. The van der Waals surface area contributed by atoms with Crippen LogP contribution in [0.3, 0.4) is 0 Å². The van der Waals surface area contributed by atoms with Gasteiger partial charge >= 0.3 is 0 Å². The third-order valence-electron chi connectivity index (χ3n) is 12.2. The maximum absolute atomic E-state index is 3.70. The van der Waals surface area contributed by atoms with Crippen molar-refractivity contribution in [2.45, 2.75) is 39.5 Å². The van der Waals surface area contributed by atoms with Gasteiger partial charge in [0.05, 0.1) is 22.1 Å². The predicted molar refractivity (Wildman–Crippen MR) is 244 cm³/mol. The Morgan fingerprint density at radius 2 is 0.684 bits per heavy atom. The molecule has 3 heteroatoms. The topological polar surface area (TPSA) is 25.6 Å². The lowest BCUT2D eigenvalue weighted by Crippen LogP contribution is -1.95. The van der Waals surface area contributed by atoms with Gasteiger partial charge in [0.1, 0.15) is 0 Å². The van der Waals surface area contributed by atoms with Crippen LogP contribution in [0, 0.1) is 0 Å². The van der Waals surface area contributed by atoms with Crippen molar-refractivity contribution in [2.75, 3.05) is 0 Å². The first-order valence-electron chi connectivity index (χ1n) is 20.2. The van der Waals surface area contributed by atoms with E-state index >= 15 is 0 Å². The number of hydrogen-bond donors (Lipinski definition) is 1. The van der Waals surface area contributed by atoms with Gasteiger partial charge in [-0.05, 0) is 130 Å². The highest BCUT2D eigenvalue weighted by Crippen LogP contribution is 2.39. The van der Waals surface area contributed by atoms with E-state index in [1.807, 2.05) is 0 Å². The van der Waals surface area contributed by atoms with Crippen LogP contribution in [-0.4, -0.2) is 14.1 Å². The van der Waals surface area contributed by atoms with Gasteiger partial charge in [0.15, 0.2) is 0 Å². The molecule has 3 heterocycles. The molecule has 0 radical (unpaired) electrons. The zero-order valence-corrected chi connectivity index (χ0v) is 32.7. The van der Waals surface area contributed by atoms with Crippen LogP contribution >= 0.6 is 0 Å². The smallest absolute Gasteiger partial charge is 0.0541 e. The number of nitrogens with one attached hydrogen (secondary N) is 1. The molecular formula is C54H43N3. The minimum Gasteiger partial charge on any atom is -0.355 e. The average Bonchev–Trinajstić information content (AvgIpc) is 3.90. The van der Waals surface area contributed by atoms with E-state index in [1.54, 1.807) is 0 Å². The zero-order chi connectivity index (χ0) is 38.4. The molecule has 11 rings (SSSR count). The molecule has 0 amide bonds. The Balaban J connectivity index is 1.01. The van der Waals surface area contributed by atoms with Gasteiger partial charge in [-0.3, -0.25) is 0 Å². The highest BCUT2D eigenvalue weighted by atomic mass is 15.0. The second kappa shape index (κ2) is 12.9. The molecule has 0 spiro atoms. The Hall–Kier alpha value is -6.84. The molecule has 57 heavy (non-hydrogen) atoms. The number of nitrogens with zero attached hydrogens (tertiary/aromatic N) is 2. The van der Waals surface area contributed by atoms with Gasteiger partial charge in [0.2, 0.25) is 0 Å². The van der Waals surface area contributed by atoms with Gasteiger partial charge < -0.3 is 14.1 Å². The molecule has 0 saturated heterocycles. The summed E-state index contributed by atoms with van der Waals surface area (Å²) in [5, 5.41) is 7.54. The lowest BCUT2D eigenvalue weighted by atomic mass is 9.98. The van der Waals surface area contributed by atoms with Crippen LogP contribution in [0.2, 0.25) is 0 Å². The molecule has 0 aliphatic heterocycles.